The van der Waals surface area contributed by atoms with Crippen LogP contribution in [0.2, 0.25) is 0 Å². The summed E-state index contributed by atoms with van der Waals surface area (Å²) in [6.45, 7) is -0.633. The van der Waals surface area contributed by atoms with E-state index in [0.29, 0.717) is 5.39 Å². The van der Waals surface area contributed by atoms with Crippen molar-refractivity contribution < 1.29 is 18.3 Å². The highest BCUT2D eigenvalue weighted by Crippen LogP contribution is 2.22. The lowest BCUT2D eigenvalue weighted by Crippen LogP contribution is -2.29. The van der Waals surface area contributed by atoms with Crippen LogP contribution in [-0.2, 0) is 14.8 Å². The molecule has 0 saturated heterocycles. The van der Waals surface area contributed by atoms with Crippen molar-refractivity contribution in [3.05, 3.63) is 42.5 Å². The summed E-state index contributed by atoms with van der Waals surface area (Å²) in [5.41, 5.74) is 0. The Hall–Kier alpha value is -1.92. The van der Waals surface area contributed by atoms with Gasteiger partial charge in [-0.25, -0.2) is 8.42 Å². The van der Waals surface area contributed by atoms with E-state index >= 15 is 0 Å². The van der Waals surface area contributed by atoms with Gasteiger partial charge in [0.2, 0.25) is 10.0 Å². The molecule has 0 radical (unpaired) electrons. The van der Waals surface area contributed by atoms with Crippen LogP contribution in [0, 0.1) is 0 Å². The number of hydrogen-bond acceptors (Lipinski definition) is 3. The number of carbonyl (C=O) groups is 1. The van der Waals surface area contributed by atoms with Gasteiger partial charge in [-0.1, -0.05) is 36.4 Å². The topological polar surface area (TPSA) is 83.5 Å². The number of fused-ring (bicyclic) bond motifs is 1. The van der Waals surface area contributed by atoms with Gasteiger partial charge in [-0.3, -0.25) is 4.79 Å². The summed E-state index contributed by atoms with van der Waals surface area (Å²) in [7, 11) is -3.81. The van der Waals surface area contributed by atoms with E-state index in [1.165, 1.54) is 6.07 Å². The number of hydrogen-bond donors (Lipinski definition) is 2. The lowest BCUT2D eigenvalue weighted by molar-refractivity contribution is -0.135. The summed E-state index contributed by atoms with van der Waals surface area (Å²) in [6, 6.07) is 11.9. The van der Waals surface area contributed by atoms with Gasteiger partial charge in [0.25, 0.3) is 0 Å². The standard InChI is InChI=1S/C12H11NO4S/c14-12(15)8-13-18(16,17)11-7-3-5-9-4-1-2-6-10(9)11/h1-7,13H,8H2,(H,14,15). The lowest BCUT2D eigenvalue weighted by Gasteiger charge is -2.07. The molecular formula is C12H11NO4S. The Labute approximate surface area is 104 Å². The van der Waals surface area contributed by atoms with E-state index in [1.54, 1.807) is 30.3 Å². The predicted octanol–water partition coefficient (Wildman–Crippen LogP) is 1.20. The Bertz CT molecular complexity index is 689. The van der Waals surface area contributed by atoms with E-state index in [2.05, 4.69) is 0 Å². The van der Waals surface area contributed by atoms with Gasteiger partial charge >= 0.3 is 5.97 Å². The quantitative estimate of drug-likeness (QED) is 0.870. The highest BCUT2D eigenvalue weighted by molar-refractivity contribution is 7.89. The Morgan fingerprint density at radius 1 is 1.11 bits per heavy atom. The molecule has 2 rings (SSSR count). The zero-order chi connectivity index (χ0) is 13.2. The summed E-state index contributed by atoms with van der Waals surface area (Å²) >= 11 is 0. The van der Waals surface area contributed by atoms with Gasteiger partial charge in [0.15, 0.2) is 0 Å². The highest BCUT2D eigenvalue weighted by Gasteiger charge is 2.17. The minimum Gasteiger partial charge on any atom is -0.480 e. The third kappa shape index (κ3) is 2.49. The molecule has 0 heterocycles. The number of benzene rings is 2. The molecule has 0 aromatic heterocycles. The first kappa shape index (κ1) is 12.5. The normalized spacial score (nSPS) is 11.6. The number of sulfonamides is 1. The first-order chi connectivity index (χ1) is 8.50. The van der Waals surface area contributed by atoms with Gasteiger partial charge in [-0.2, -0.15) is 4.72 Å². The molecule has 0 atom stereocenters. The largest absolute Gasteiger partial charge is 0.480 e. The zero-order valence-corrected chi connectivity index (χ0v) is 10.1. The van der Waals surface area contributed by atoms with Crippen molar-refractivity contribution in [1.29, 1.82) is 0 Å². The fourth-order valence-electron chi connectivity index (χ4n) is 1.66. The molecule has 0 saturated carbocycles. The summed E-state index contributed by atoms with van der Waals surface area (Å²) in [5.74, 6) is -1.22. The average molecular weight is 265 g/mol. The smallest absolute Gasteiger partial charge is 0.318 e. The minimum atomic E-state index is -3.81. The first-order valence-electron chi connectivity index (χ1n) is 5.20. The van der Waals surface area contributed by atoms with Crippen LogP contribution >= 0.6 is 0 Å². The van der Waals surface area contributed by atoms with Crippen molar-refractivity contribution >= 4 is 26.8 Å². The average Bonchev–Trinajstić information content (AvgIpc) is 2.36. The molecule has 18 heavy (non-hydrogen) atoms. The Balaban J connectivity index is 2.50. The third-order valence-corrected chi connectivity index (χ3v) is 3.91. The summed E-state index contributed by atoms with van der Waals surface area (Å²) in [5, 5.41) is 9.87. The molecule has 2 aromatic rings. The predicted molar refractivity (Wildman–Crippen MR) is 66.8 cm³/mol. The van der Waals surface area contributed by atoms with Crippen LogP contribution in [0.5, 0.6) is 0 Å². The van der Waals surface area contributed by atoms with Crippen molar-refractivity contribution in [2.75, 3.05) is 6.54 Å². The van der Waals surface area contributed by atoms with E-state index in [4.69, 9.17) is 5.11 Å². The van der Waals surface area contributed by atoms with E-state index in [0.717, 1.165) is 5.39 Å². The molecule has 0 amide bonds. The monoisotopic (exact) mass is 265 g/mol. The van der Waals surface area contributed by atoms with E-state index < -0.39 is 22.5 Å². The van der Waals surface area contributed by atoms with Crippen LogP contribution in [0.3, 0.4) is 0 Å². The molecule has 6 heteroatoms. The zero-order valence-electron chi connectivity index (χ0n) is 9.33. The molecule has 0 aliphatic carbocycles. The van der Waals surface area contributed by atoms with Crippen molar-refractivity contribution in [2.24, 2.45) is 0 Å². The minimum absolute atomic E-state index is 0.0850. The van der Waals surface area contributed by atoms with E-state index in [1.807, 2.05) is 10.8 Å². The number of rotatable bonds is 4. The molecule has 0 spiro atoms. The molecular weight excluding hydrogens is 254 g/mol. The van der Waals surface area contributed by atoms with Gasteiger partial charge in [0.1, 0.15) is 6.54 Å². The van der Waals surface area contributed by atoms with E-state index in [9.17, 15) is 13.2 Å². The van der Waals surface area contributed by atoms with Gasteiger partial charge in [0, 0.05) is 5.39 Å². The maximum absolute atomic E-state index is 12.0. The maximum Gasteiger partial charge on any atom is 0.318 e. The molecule has 94 valence electrons. The lowest BCUT2D eigenvalue weighted by atomic mass is 10.1. The Kier molecular flexibility index (Phi) is 3.31. The second-order valence-corrected chi connectivity index (χ2v) is 5.43. The number of carboxylic acid groups (broad SMARTS) is 1. The van der Waals surface area contributed by atoms with Gasteiger partial charge in [-0.05, 0) is 11.5 Å². The van der Waals surface area contributed by atoms with Crippen LogP contribution in [0.4, 0.5) is 0 Å². The summed E-state index contributed by atoms with van der Waals surface area (Å²) < 4.78 is 26.0. The second kappa shape index (κ2) is 4.75. The molecule has 2 N–H and O–H groups in total. The van der Waals surface area contributed by atoms with Crippen LogP contribution in [0.1, 0.15) is 0 Å². The highest BCUT2D eigenvalue weighted by atomic mass is 32.2. The van der Waals surface area contributed by atoms with Gasteiger partial charge in [0.05, 0.1) is 4.90 Å². The van der Waals surface area contributed by atoms with Gasteiger partial charge in [-0.15, -0.1) is 0 Å². The maximum atomic E-state index is 12.0. The molecule has 0 aliphatic rings. The van der Waals surface area contributed by atoms with Crippen LogP contribution in [0.25, 0.3) is 10.8 Å². The molecule has 2 aromatic carbocycles. The molecule has 0 unspecified atom stereocenters. The molecule has 0 aliphatic heterocycles. The third-order valence-electron chi connectivity index (χ3n) is 2.45. The second-order valence-electron chi connectivity index (χ2n) is 3.70. The Morgan fingerprint density at radius 3 is 2.50 bits per heavy atom. The molecule has 0 fully saturated rings. The van der Waals surface area contributed by atoms with Crippen molar-refractivity contribution in [1.82, 2.24) is 4.72 Å². The fourth-order valence-corrected chi connectivity index (χ4v) is 2.87. The number of nitrogens with one attached hydrogen (secondary N) is 1. The van der Waals surface area contributed by atoms with Crippen molar-refractivity contribution in [3.63, 3.8) is 0 Å². The van der Waals surface area contributed by atoms with Gasteiger partial charge < -0.3 is 5.11 Å². The van der Waals surface area contributed by atoms with Crippen LogP contribution in [-0.4, -0.2) is 26.0 Å². The van der Waals surface area contributed by atoms with Crippen LogP contribution in [0.15, 0.2) is 47.4 Å². The first-order valence-corrected chi connectivity index (χ1v) is 6.68. The summed E-state index contributed by atoms with van der Waals surface area (Å²) in [4.78, 5) is 10.5. The fraction of sp³-hybridized carbons (Fsp3) is 0.0833. The van der Waals surface area contributed by atoms with E-state index in [-0.39, 0.29) is 4.90 Å². The molecule has 0 bridgehead atoms. The SMILES string of the molecule is O=C(O)CNS(=O)(=O)c1cccc2ccccc12. The summed E-state index contributed by atoms with van der Waals surface area (Å²) in [6.07, 6.45) is 0. The van der Waals surface area contributed by atoms with Crippen molar-refractivity contribution in [2.45, 2.75) is 4.90 Å². The number of aliphatic carboxylic acids is 1. The molecule has 5 nitrogen and oxygen atoms in total. The number of carboxylic acids is 1. The van der Waals surface area contributed by atoms with Crippen molar-refractivity contribution in [3.8, 4) is 0 Å². The van der Waals surface area contributed by atoms with Crippen LogP contribution < -0.4 is 4.72 Å². The Morgan fingerprint density at radius 2 is 1.78 bits per heavy atom.